The SMILES string of the molecule is Cc1ccc(NC2CCC(=O)CC2)cc1. The van der Waals surface area contributed by atoms with Crippen molar-refractivity contribution in [1.29, 1.82) is 0 Å². The minimum atomic E-state index is 0.414. The molecule has 0 amide bonds. The first kappa shape index (κ1) is 10.2. The molecule has 15 heavy (non-hydrogen) atoms. The first-order valence-corrected chi connectivity index (χ1v) is 5.59. The highest BCUT2D eigenvalue weighted by Gasteiger charge is 2.17. The molecule has 0 atom stereocenters. The molecule has 0 aromatic heterocycles. The maximum absolute atomic E-state index is 11.1. The molecular formula is C13H17NO. The third kappa shape index (κ3) is 2.82. The summed E-state index contributed by atoms with van der Waals surface area (Å²) in [5, 5.41) is 3.48. The minimum absolute atomic E-state index is 0.414. The summed E-state index contributed by atoms with van der Waals surface area (Å²) in [6, 6.07) is 8.90. The second-order valence-electron chi connectivity index (χ2n) is 4.32. The summed E-state index contributed by atoms with van der Waals surface area (Å²) in [5.74, 6) is 0.414. The average Bonchev–Trinajstić information content (AvgIpc) is 2.25. The number of aryl methyl sites for hydroxylation is 1. The second kappa shape index (κ2) is 4.47. The number of anilines is 1. The number of carbonyl (C=O) groups excluding carboxylic acids is 1. The molecule has 0 unspecified atom stereocenters. The molecule has 0 heterocycles. The summed E-state index contributed by atoms with van der Waals surface area (Å²) in [7, 11) is 0. The minimum Gasteiger partial charge on any atom is -0.382 e. The normalized spacial score (nSPS) is 17.8. The van der Waals surface area contributed by atoms with Crippen molar-refractivity contribution in [2.45, 2.75) is 38.6 Å². The third-order valence-electron chi connectivity index (χ3n) is 2.97. The van der Waals surface area contributed by atoms with Crippen LogP contribution < -0.4 is 5.32 Å². The van der Waals surface area contributed by atoms with Gasteiger partial charge >= 0.3 is 0 Å². The Kier molecular flexibility index (Phi) is 3.05. The maximum atomic E-state index is 11.1. The van der Waals surface area contributed by atoms with Crippen LogP contribution in [0, 0.1) is 6.92 Å². The molecule has 0 bridgehead atoms. The van der Waals surface area contributed by atoms with E-state index in [0.717, 1.165) is 25.7 Å². The van der Waals surface area contributed by atoms with Crippen molar-refractivity contribution in [3.8, 4) is 0 Å². The van der Waals surface area contributed by atoms with Crippen molar-refractivity contribution >= 4 is 11.5 Å². The molecule has 1 aliphatic rings. The lowest BCUT2D eigenvalue weighted by molar-refractivity contribution is -0.120. The molecule has 1 aromatic rings. The highest BCUT2D eigenvalue weighted by atomic mass is 16.1. The summed E-state index contributed by atoms with van der Waals surface area (Å²) in [4.78, 5) is 11.1. The Bertz CT molecular complexity index is 332. The fourth-order valence-corrected chi connectivity index (χ4v) is 1.97. The Labute approximate surface area is 90.7 Å². The molecule has 1 fully saturated rings. The van der Waals surface area contributed by atoms with Gasteiger partial charge in [0.1, 0.15) is 5.78 Å². The number of rotatable bonds is 2. The number of carbonyl (C=O) groups is 1. The molecule has 1 aliphatic carbocycles. The second-order valence-corrected chi connectivity index (χ2v) is 4.32. The van der Waals surface area contributed by atoms with Crippen LogP contribution in [0.2, 0.25) is 0 Å². The fourth-order valence-electron chi connectivity index (χ4n) is 1.97. The van der Waals surface area contributed by atoms with Gasteiger partial charge in [-0.2, -0.15) is 0 Å². The Hall–Kier alpha value is -1.31. The summed E-state index contributed by atoms with van der Waals surface area (Å²) in [5.41, 5.74) is 2.44. The number of Topliss-reactive ketones (excluding diaryl/α,β-unsaturated/α-hetero) is 1. The predicted molar refractivity (Wildman–Crippen MR) is 62.1 cm³/mol. The van der Waals surface area contributed by atoms with Gasteiger partial charge in [0, 0.05) is 24.6 Å². The van der Waals surface area contributed by atoms with Gasteiger partial charge in [0.25, 0.3) is 0 Å². The monoisotopic (exact) mass is 203 g/mol. The molecule has 0 aliphatic heterocycles. The van der Waals surface area contributed by atoms with E-state index in [2.05, 4.69) is 36.5 Å². The van der Waals surface area contributed by atoms with Crippen LogP contribution in [0.5, 0.6) is 0 Å². The Morgan fingerprint density at radius 3 is 2.33 bits per heavy atom. The van der Waals surface area contributed by atoms with Crippen LogP contribution in [0.1, 0.15) is 31.2 Å². The van der Waals surface area contributed by atoms with Crippen molar-refractivity contribution in [3.05, 3.63) is 29.8 Å². The van der Waals surface area contributed by atoms with Crippen LogP contribution in [0.15, 0.2) is 24.3 Å². The van der Waals surface area contributed by atoms with Crippen molar-refractivity contribution in [1.82, 2.24) is 0 Å². The molecule has 1 N–H and O–H groups in total. The van der Waals surface area contributed by atoms with Gasteiger partial charge in [0.05, 0.1) is 0 Å². The largest absolute Gasteiger partial charge is 0.382 e. The molecule has 2 rings (SSSR count). The van der Waals surface area contributed by atoms with Gasteiger partial charge in [-0.15, -0.1) is 0 Å². The third-order valence-corrected chi connectivity index (χ3v) is 2.97. The Balaban J connectivity index is 1.91. The summed E-state index contributed by atoms with van der Waals surface area (Å²) >= 11 is 0. The number of nitrogens with one attached hydrogen (secondary N) is 1. The van der Waals surface area contributed by atoms with Gasteiger partial charge in [0.2, 0.25) is 0 Å². The van der Waals surface area contributed by atoms with E-state index in [1.54, 1.807) is 0 Å². The molecule has 0 saturated heterocycles. The van der Waals surface area contributed by atoms with E-state index >= 15 is 0 Å². The first-order valence-electron chi connectivity index (χ1n) is 5.59. The van der Waals surface area contributed by atoms with Gasteiger partial charge in [0.15, 0.2) is 0 Å². The number of hydrogen-bond donors (Lipinski definition) is 1. The van der Waals surface area contributed by atoms with Crippen LogP contribution in [-0.2, 0) is 4.79 Å². The number of hydrogen-bond acceptors (Lipinski definition) is 2. The van der Waals surface area contributed by atoms with Crippen molar-refractivity contribution in [3.63, 3.8) is 0 Å². The van der Waals surface area contributed by atoms with E-state index in [9.17, 15) is 4.79 Å². The Morgan fingerprint density at radius 2 is 1.73 bits per heavy atom. The van der Waals surface area contributed by atoms with Gasteiger partial charge in [-0.05, 0) is 31.9 Å². The van der Waals surface area contributed by atoms with E-state index in [1.165, 1.54) is 11.3 Å². The van der Waals surface area contributed by atoms with Crippen LogP contribution in [-0.4, -0.2) is 11.8 Å². The number of ketones is 1. The van der Waals surface area contributed by atoms with Gasteiger partial charge in [-0.3, -0.25) is 4.79 Å². The summed E-state index contributed by atoms with van der Waals surface area (Å²) in [6.45, 7) is 2.09. The lowest BCUT2D eigenvalue weighted by atomic mass is 9.94. The van der Waals surface area contributed by atoms with Crippen LogP contribution in [0.25, 0.3) is 0 Å². The van der Waals surface area contributed by atoms with E-state index in [0.29, 0.717) is 11.8 Å². The standard InChI is InChI=1S/C13H17NO/c1-10-2-4-11(5-3-10)14-12-6-8-13(15)9-7-12/h2-5,12,14H,6-9H2,1H3. The van der Waals surface area contributed by atoms with Crippen LogP contribution >= 0.6 is 0 Å². The zero-order valence-electron chi connectivity index (χ0n) is 9.12. The van der Waals surface area contributed by atoms with Gasteiger partial charge < -0.3 is 5.32 Å². The summed E-state index contributed by atoms with van der Waals surface area (Å²) in [6.07, 6.45) is 3.44. The van der Waals surface area contributed by atoms with Gasteiger partial charge in [-0.1, -0.05) is 17.7 Å². The molecule has 1 saturated carbocycles. The first-order chi connectivity index (χ1) is 7.24. The topological polar surface area (TPSA) is 29.1 Å². The summed E-state index contributed by atoms with van der Waals surface area (Å²) < 4.78 is 0. The zero-order valence-corrected chi connectivity index (χ0v) is 9.12. The smallest absolute Gasteiger partial charge is 0.133 e. The van der Waals surface area contributed by atoms with Crippen LogP contribution in [0.3, 0.4) is 0 Å². The molecule has 0 spiro atoms. The lowest BCUT2D eigenvalue weighted by Crippen LogP contribution is -2.25. The Morgan fingerprint density at radius 1 is 1.13 bits per heavy atom. The molecule has 2 nitrogen and oxygen atoms in total. The zero-order chi connectivity index (χ0) is 10.7. The van der Waals surface area contributed by atoms with E-state index in [4.69, 9.17) is 0 Å². The van der Waals surface area contributed by atoms with Crippen molar-refractivity contribution in [2.75, 3.05) is 5.32 Å². The maximum Gasteiger partial charge on any atom is 0.133 e. The fraction of sp³-hybridized carbons (Fsp3) is 0.462. The highest BCUT2D eigenvalue weighted by Crippen LogP contribution is 2.19. The highest BCUT2D eigenvalue weighted by molar-refractivity contribution is 5.79. The quantitative estimate of drug-likeness (QED) is 0.800. The molecule has 1 aromatic carbocycles. The van der Waals surface area contributed by atoms with E-state index < -0.39 is 0 Å². The van der Waals surface area contributed by atoms with Gasteiger partial charge in [-0.25, -0.2) is 0 Å². The lowest BCUT2D eigenvalue weighted by Gasteiger charge is -2.23. The predicted octanol–water partition coefficient (Wildman–Crippen LogP) is 2.92. The van der Waals surface area contributed by atoms with Crippen molar-refractivity contribution < 1.29 is 4.79 Å². The van der Waals surface area contributed by atoms with E-state index in [1.807, 2.05) is 0 Å². The molecular weight excluding hydrogens is 186 g/mol. The molecule has 0 radical (unpaired) electrons. The number of benzene rings is 1. The van der Waals surface area contributed by atoms with Crippen molar-refractivity contribution in [2.24, 2.45) is 0 Å². The molecule has 80 valence electrons. The van der Waals surface area contributed by atoms with Crippen LogP contribution in [0.4, 0.5) is 5.69 Å². The average molecular weight is 203 g/mol. The molecule has 2 heteroatoms. The van der Waals surface area contributed by atoms with E-state index in [-0.39, 0.29) is 0 Å².